The van der Waals surface area contributed by atoms with E-state index < -0.39 is 8.32 Å². The molecule has 0 aromatic heterocycles. The molecule has 0 aliphatic carbocycles. The van der Waals surface area contributed by atoms with E-state index in [1.807, 2.05) is 6.08 Å². The van der Waals surface area contributed by atoms with Crippen LogP contribution in [0.1, 0.15) is 46.3 Å². The van der Waals surface area contributed by atoms with E-state index >= 15 is 0 Å². The van der Waals surface area contributed by atoms with Crippen molar-refractivity contribution in [1.29, 1.82) is 0 Å². The molecule has 0 saturated heterocycles. The Hall–Kier alpha value is -0.863. The quantitative estimate of drug-likeness (QED) is 0.424. The molecule has 1 atom stereocenters. The second-order valence-corrected chi connectivity index (χ2v) is 10.9. The summed E-state index contributed by atoms with van der Waals surface area (Å²) >= 11 is 0. The lowest BCUT2D eigenvalue weighted by Crippen LogP contribution is -2.40. The molecule has 0 N–H and O–H groups in total. The molecule has 20 heavy (non-hydrogen) atoms. The van der Waals surface area contributed by atoms with Crippen molar-refractivity contribution in [3.63, 3.8) is 0 Å². The van der Waals surface area contributed by atoms with Crippen molar-refractivity contribution in [1.82, 2.24) is 0 Å². The normalized spacial score (nSPS) is 14.1. The molecule has 112 valence electrons. The van der Waals surface area contributed by atoms with E-state index in [1.54, 1.807) is 0 Å². The minimum Gasteiger partial charge on any atom is -0.409 e. The van der Waals surface area contributed by atoms with Crippen LogP contribution in [-0.4, -0.2) is 8.32 Å². The van der Waals surface area contributed by atoms with E-state index in [9.17, 15) is 0 Å². The lowest BCUT2D eigenvalue weighted by Gasteiger charge is -2.40. The van der Waals surface area contributed by atoms with Crippen LogP contribution < -0.4 is 0 Å². The molecule has 0 saturated carbocycles. The monoisotopic (exact) mass is 290 g/mol. The van der Waals surface area contributed by atoms with Crippen molar-refractivity contribution < 1.29 is 4.43 Å². The molecule has 0 amide bonds. The summed E-state index contributed by atoms with van der Waals surface area (Å²) in [4.78, 5) is 0. The van der Waals surface area contributed by atoms with Gasteiger partial charge in [-0.25, -0.2) is 0 Å². The van der Waals surface area contributed by atoms with Gasteiger partial charge in [0.2, 0.25) is 0 Å². The van der Waals surface area contributed by atoms with Crippen LogP contribution in [-0.2, 0) is 4.43 Å². The van der Waals surface area contributed by atoms with Crippen molar-refractivity contribution in [3.8, 4) is 0 Å². The van der Waals surface area contributed by atoms with Gasteiger partial charge < -0.3 is 4.43 Å². The third kappa shape index (κ3) is 3.83. The fourth-order valence-electron chi connectivity index (χ4n) is 2.63. The first-order valence-corrected chi connectivity index (χ1v) is 10.3. The molecule has 2 heteroatoms. The minimum atomic E-state index is -1.64. The zero-order valence-corrected chi connectivity index (χ0v) is 14.8. The molecular weight excluding hydrogens is 260 g/mol. The van der Waals surface area contributed by atoms with E-state index in [-0.39, 0.29) is 11.5 Å². The van der Waals surface area contributed by atoms with Crippen LogP contribution in [0.4, 0.5) is 0 Å². The van der Waals surface area contributed by atoms with Crippen LogP contribution in [0.15, 0.2) is 43.0 Å². The number of hydrogen-bond acceptors (Lipinski definition) is 1. The second kappa shape index (κ2) is 7.23. The lowest BCUT2D eigenvalue weighted by molar-refractivity contribution is 0.0952. The maximum Gasteiger partial charge on any atom is 0.192 e. The molecule has 0 aliphatic rings. The van der Waals surface area contributed by atoms with Gasteiger partial charge in [-0.2, -0.15) is 0 Å². The first-order valence-electron chi connectivity index (χ1n) is 7.81. The summed E-state index contributed by atoms with van der Waals surface area (Å²) in [5.41, 5.74) is 1.21. The van der Waals surface area contributed by atoms with Crippen molar-refractivity contribution in [2.75, 3.05) is 0 Å². The summed E-state index contributed by atoms with van der Waals surface area (Å²) in [6.45, 7) is 15.3. The molecule has 0 bridgehead atoms. The zero-order valence-electron chi connectivity index (χ0n) is 13.8. The Morgan fingerprint density at radius 1 is 1.10 bits per heavy atom. The Balaban J connectivity index is 3.16. The summed E-state index contributed by atoms with van der Waals surface area (Å²) in [6.07, 6.45) is 2.14. The van der Waals surface area contributed by atoms with Gasteiger partial charge in [-0.1, -0.05) is 71.0 Å². The van der Waals surface area contributed by atoms with Crippen molar-refractivity contribution in [2.24, 2.45) is 5.41 Å². The highest BCUT2D eigenvalue weighted by Crippen LogP contribution is 2.41. The Morgan fingerprint density at radius 3 is 2.00 bits per heavy atom. The third-order valence-electron chi connectivity index (χ3n) is 4.61. The molecule has 0 spiro atoms. The second-order valence-electron chi connectivity index (χ2n) is 6.18. The third-order valence-corrected chi connectivity index (χ3v) is 9.21. The van der Waals surface area contributed by atoms with Gasteiger partial charge >= 0.3 is 0 Å². The van der Waals surface area contributed by atoms with Gasteiger partial charge in [-0.05, 0) is 23.7 Å². The van der Waals surface area contributed by atoms with Crippen LogP contribution in [0.5, 0.6) is 0 Å². The topological polar surface area (TPSA) is 9.23 Å². The van der Waals surface area contributed by atoms with Crippen LogP contribution in [0.3, 0.4) is 0 Å². The van der Waals surface area contributed by atoms with Gasteiger partial charge in [0.1, 0.15) is 0 Å². The van der Waals surface area contributed by atoms with Crippen LogP contribution in [0, 0.1) is 5.41 Å². The van der Waals surface area contributed by atoms with Gasteiger partial charge in [-0.3, -0.25) is 0 Å². The Bertz CT molecular complexity index is 398. The molecule has 1 nitrogen and oxygen atoms in total. The van der Waals surface area contributed by atoms with E-state index in [0.29, 0.717) is 0 Å². The molecular formula is C18H30OSi. The minimum absolute atomic E-state index is 0.0564. The smallest absolute Gasteiger partial charge is 0.192 e. The predicted octanol–water partition coefficient (Wildman–Crippen LogP) is 5.96. The van der Waals surface area contributed by atoms with Crippen LogP contribution >= 0.6 is 0 Å². The van der Waals surface area contributed by atoms with Gasteiger partial charge in [0.05, 0.1) is 6.10 Å². The van der Waals surface area contributed by atoms with E-state index in [2.05, 4.69) is 71.5 Å². The molecule has 1 rings (SSSR count). The molecule has 0 fully saturated rings. The summed E-state index contributed by atoms with van der Waals surface area (Å²) < 4.78 is 6.80. The SMILES string of the molecule is C=CC(C)(C)C(O[Si](CC)(CC)CC)c1ccccc1. The van der Waals surface area contributed by atoms with Crippen molar-refractivity contribution >= 4 is 8.32 Å². The maximum absolute atomic E-state index is 6.80. The molecule has 1 aromatic rings. The summed E-state index contributed by atoms with van der Waals surface area (Å²) in [6, 6.07) is 14.1. The summed E-state index contributed by atoms with van der Waals surface area (Å²) in [7, 11) is -1.64. The largest absolute Gasteiger partial charge is 0.409 e. The van der Waals surface area contributed by atoms with E-state index in [4.69, 9.17) is 4.43 Å². The molecule has 0 heterocycles. The van der Waals surface area contributed by atoms with E-state index in [1.165, 1.54) is 23.7 Å². The fraction of sp³-hybridized carbons (Fsp3) is 0.556. The highest BCUT2D eigenvalue weighted by molar-refractivity contribution is 6.73. The number of rotatable bonds is 8. The Morgan fingerprint density at radius 2 is 1.60 bits per heavy atom. The fourth-order valence-corrected chi connectivity index (χ4v) is 5.57. The van der Waals surface area contributed by atoms with Gasteiger partial charge in [0, 0.05) is 5.41 Å². The van der Waals surface area contributed by atoms with Crippen molar-refractivity contribution in [2.45, 2.75) is 58.9 Å². The van der Waals surface area contributed by atoms with Gasteiger partial charge in [0.15, 0.2) is 8.32 Å². The first kappa shape index (κ1) is 17.2. The predicted molar refractivity (Wildman–Crippen MR) is 91.4 cm³/mol. The van der Waals surface area contributed by atoms with Crippen LogP contribution in [0.25, 0.3) is 0 Å². The Kier molecular flexibility index (Phi) is 6.22. The Labute approximate surface area is 126 Å². The summed E-state index contributed by atoms with van der Waals surface area (Å²) in [5, 5.41) is 0. The van der Waals surface area contributed by atoms with Crippen LogP contribution in [0.2, 0.25) is 18.1 Å². The number of benzene rings is 1. The van der Waals surface area contributed by atoms with Gasteiger partial charge in [0.25, 0.3) is 0 Å². The highest BCUT2D eigenvalue weighted by atomic mass is 28.4. The molecule has 0 radical (unpaired) electrons. The molecule has 0 aliphatic heterocycles. The van der Waals surface area contributed by atoms with Gasteiger partial charge in [-0.15, -0.1) is 6.58 Å². The highest BCUT2D eigenvalue weighted by Gasteiger charge is 2.38. The number of hydrogen-bond donors (Lipinski definition) is 0. The average Bonchev–Trinajstić information content (AvgIpc) is 2.50. The zero-order chi connectivity index (χ0) is 15.2. The lowest BCUT2D eigenvalue weighted by atomic mass is 9.83. The average molecular weight is 291 g/mol. The van der Waals surface area contributed by atoms with Crippen molar-refractivity contribution in [3.05, 3.63) is 48.6 Å². The van der Waals surface area contributed by atoms with E-state index in [0.717, 1.165) is 0 Å². The maximum atomic E-state index is 6.80. The first-order chi connectivity index (χ1) is 9.44. The standard InChI is InChI=1S/C18H30OSi/c1-7-18(5,6)17(16-14-12-11-13-15-16)19-20(8-2,9-3)10-4/h7,11-15,17H,1,8-10H2,2-6H3. The molecule has 1 unspecified atom stereocenters. The summed E-state index contributed by atoms with van der Waals surface area (Å²) in [5.74, 6) is 0. The molecule has 1 aromatic carbocycles.